The quantitative estimate of drug-likeness (QED) is 0.516. The smallest absolute Gasteiger partial charge is 0.256 e. The summed E-state index contributed by atoms with van der Waals surface area (Å²) in [5, 5.41) is 2.80. The van der Waals surface area contributed by atoms with Crippen LogP contribution in [-0.4, -0.2) is 31.7 Å². The Morgan fingerprint density at radius 1 is 0.964 bits per heavy atom. The molecule has 28 heavy (non-hydrogen) atoms. The highest BCUT2D eigenvalue weighted by atomic mass is 79.9. The average Bonchev–Trinajstić information content (AvgIpc) is 2.68. The van der Waals surface area contributed by atoms with Crippen LogP contribution < -0.4 is 5.32 Å². The van der Waals surface area contributed by atoms with Gasteiger partial charge in [0, 0.05) is 23.2 Å². The van der Waals surface area contributed by atoms with Crippen molar-refractivity contribution in [2.75, 3.05) is 18.4 Å². The van der Waals surface area contributed by atoms with Gasteiger partial charge in [-0.25, -0.2) is 8.42 Å². The molecule has 152 valence electrons. The van der Waals surface area contributed by atoms with Gasteiger partial charge in [-0.15, -0.1) is 0 Å². The topological polar surface area (TPSA) is 66.5 Å². The van der Waals surface area contributed by atoms with Crippen LogP contribution in [0, 0.1) is 0 Å². The summed E-state index contributed by atoms with van der Waals surface area (Å²) in [5.74, 6) is -0.254. The summed E-state index contributed by atoms with van der Waals surface area (Å²) in [6.45, 7) is 5.15. The van der Waals surface area contributed by atoms with Crippen molar-refractivity contribution in [2.24, 2.45) is 0 Å². The monoisotopic (exact) mass is 466 g/mol. The van der Waals surface area contributed by atoms with Gasteiger partial charge in [-0.05, 0) is 65.2 Å². The SMILES string of the molecule is CCCCN(CCCC)S(=O)(=O)c1ccc(NC(=O)c2ccccc2Br)cc1. The van der Waals surface area contributed by atoms with Gasteiger partial charge in [0.1, 0.15) is 0 Å². The molecule has 0 heterocycles. The number of sulfonamides is 1. The van der Waals surface area contributed by atoms with E-state index < -0.39 is 10.0 Å². The summed E-state index contributed by atoms with van der Waals surface area (Å²) in [7, 11) is -3.54. The van der Waals surface area contributed by atoms with Crippen LogP contribution in [0.2, 0.25) is 0 Å². The van der Waals surface area contributed by atoms with Crippen molar-refractivity contribution in [3.8, 4) is 0 Å². The largest absolute Gasteiger partial charge is 0.322 e. The van der Waals surface area contributed by atoms with Gasteiger partial charge in [0.05, 0.1) is 10.5 Å². The van der Waals surface area contributed by atoms with Gasteiger partial charge >= 0.3 is 0 Å². The second kappa shape index (κ2) is 10.7. The lowest BCUT2D eigenvalue weighted by Gasteiger charge is -2.22. The van der Waals surface area contributed by atoms with E-state index in [0.717, 1.165) is 25.7 Å². The molecule has 0 bridgehead atoms. The first-order valence-electron chi connectivity index (χ1n) is 9.56. The zero-order valence-corrected chi connectivity index (χ0v) is 18.7. The molecule has 0 saturated carbocycles. The number of halogens is 1. The lowest BCUT2D eigenvalue weighted by molar-refractivity contribution is 0.102. The molecule has 2 aromatic rings. The molecule has 2 aromatic carbocycles. The van der Waals surface area contributed by atoms with Crippen molar-refractivity contribution >= 4 is 37.5 Å². The molecule has 1 N–H and O–H groups in total. The molecule has 2 rings (SSSR count). The highest BCUT2D eigenvalue weighted by Crippen LogP contribution is 2.21. The van der Waals surface area contributed by atoms with Gasteiger partial charge in [0.25, 0.3) is 5.91 Å². The van der Waals surface area contributed by atoms with Crippen LogP contribution in [0.5, 0.6) is 0 Å². The number of carbonyl (C=O) groups excluding carboxylic acids is 1. The van der Waals surface area contributed by atoms with E-state index in [4.69, 9.17) is 0 Å². The fraction of sp³-hybridized carbons (Fsp3) is 0.381. The highest BCUT2D eigenvalue weighted by molar-refractivity contribution is 9.10. The lowest BCUT2D eigenvalue weighted by Crippen LogP contribution is -2.33. The Morgan fingerprint density at radius 2 is 1.54 bits per heavy atom. The van der Waals surface area contributed by atoms with Crippen molar-refractivity contribution < 1.29 is 13.2 Å². The third-order valence-corrected chi connectivity index (χ3v) is 6.99. The summed E-state index contributed by atoms with van der Waals surface area (Å²) >= 11 is 3.36. The minimum absolute atomic E-state index is 0.249. The Kier molecular flexibility index (Phi) is 8.66. The van der Waals surface area contributed by atoms with E-state index in [9.17, 15) is 13.2 Å². The fourth-order valence-electron chi connectivity index (χ4n) is 2.72. The third kappa shape index (κ3) is 5.90. The number of amides is 1. The number of nitrogens with zero attached hydrogens (tertiary/aromatic N) is 1. The second-order valence-electron chi connectivity index (χ2n) is 6.57. The molecule has 1 amide bonds. The van der Waals surface area contributed by atoms with Crippen LogP contribution in [0.25, 0.3) is 0 Å². The molecule has 0 radical (unpaired) electrons. The minimum Gasteiger partial charge on any atom is -0.322 e. The highest BCUT2D eigenvalue weighted by Gasteiger charge is 2.23. The summed E-state index contributed by atoms with van der Waals surface area (Å²) in [5.41, 5.74) is 1.07. The van der Waals surface area contributed by atoms with Crippen LogP contribution in [0.3, 0.4) is 0 Å². The van der Waals surface area contributed by atoms with E-state index in [1.54, 1.807) is 46.8 Å². The van der Waals surface area contributed by atoms with Crippen LogP contribution in [0.1, 0.15) is 49.9 Å². The average molecular weight is 467 g/mol. The third-order valence-electron chi connectivity index (χ3n) is 4.39. The number of benzene rings is 2. The Hall–Kier alpha value is -1.70. The van der Waals surface area contributed by atoms with Crippen molar-refractivity contribution in [1.82, 2.24) is 4.31 Å². The molecule has 0 saturated heterocycles. The van der Waals surface area contributed by atoms with Crippen LogP contribution in [-0.2, 0) is 10.0 Å². The van der Waals surface area contributed by atoms with E-state index in [0.29, 0.717) is 28.8 Å². The van der Waals surface area contributed by atoms with E-state index in [1.807, 2.05) is 19.9 Å². The number of carbonyl (C=O) groups is 1. The van der Waals surface area contributed by atoms with Crippen molar-refractivity contribution in [2.45, 2.75) is 44.4 Å². The molecular weight excluding hydrogens is 440 g/mol. The first kappa shape index (κ1) is 22.6. The lowest BCUT2D eigenvalue weighted by atomic mass is 10.2. The summed E-state index contributed by atoms with van der Waals surface area (Å²) < 4.78 is 28.2. The number of rotatable bonds is 10. The number of anilines is 1. The maximum Gasteiger partial charge on any atom is 0.256 e. The van der Waals surface area contributed by atoms with E-state index in [-0.39, 0.29) is 10.8 Å². The van der Waals surface area contributed by atoms with E-state index >= 15 is 0 Å². The van der Waals surface area contributed by atoms with E-state index in [1.165, 1.54) is 0 Å². The molecule has 0 spiro atoms. The van der Waals surface area contributed by atoms with E-state index in [2.05, 4.69) is 21.2 Å². The normalized spacial score (nSPS) is 11.6. The van der Waals surface area contributed by atoms with Gasteiger partial charge in [0.15, 0.2) is 0 Å². The minimum atomic E-state index is -3.54. The zero-order chi connectivity index (χ0) is 20.6. The Balaban J connectivity index is 2.15. The van der Waals surface area contributed by atoms with Crippen LogP contribution in [0.15, 0.2) is 57.9 Å². The van der Waals surface area contributed by atoms with Gasteiger partial charge < -0.3 is 5.32 Å². The molecule has 0 atom stereocenters. The Labute approximate surface area is 176 Å². The molecule has 0 aromatic heterocycles. The maximum absolute atomic E-state index is 13.0. The molecule has 5 nitrogen and oxygen atoms in total. The molecule has 0 aliphatic rings. The number of unbranched alkanes of at least 4 members (excludes halogenated alkanes) is 2. The molecule has 0 aliphatic carbocycles. The summed E-state index contributed by atoms with van der Waals surface area (Å²) in [4.78, 5) is 12.6. The van der Waals surface area contributed by atoms with Gasteiger partial charge in [-0.2, -0.15) is 4.31 Å². The zero-order valence-electron chi connectivity index (χ0n) is 16.3. The van der Waals surface area contributed by atoms with Gasteiger partial charge in [0.2, 0.25) is 10.0 Å². The first-order chi connectivity index (χ1) is 13.4. The maximum atomic E-state index is 13.0. The van der Waals surface area contributed by atoms with Crippen LogP contribution >= 0.6 is 15.9 Å². The van der Waals surface area contributed by atoms with Crippen LogP contribution in [0.4, 0.5) is 5.69 Å². The Morgan fingerprint density at radius 3 is 2.07 bits per heavy atom. The second-order valence-corrected chi connectivity index (χ2v) is 9.36. The number of hydrogen-bond donors (Lipinski definition) is 1. The first-order valence-corrected chi connectivity index (χ1v) is 11.8. The Bertz CT molecular complexity index is 875. The summed E-state index contributed by atoms with van der Waals surface area (Å²) in [6, 6.07) is 13.5. The molecule has 7 heteroatoms. The molecular formula is C21H27BrN2O3S. The van der Waals surface area contributed by atoms with Gasteiger partial charge in [-0.1, -0.05) is 38.8 Å². The van der Waals surface area contributed by atoms with Gasteiger partial charge in [-0.3, -0.25) is 4.79 Å². The predicted octanol–water partition coefficient (Wildman–Crippen LogP) is 5.29. The molecule has 0 aliphatic heterocycles. The van der Waals surface area contributed by atoms with Crippen molar-refractivity contribution in [3.63, 3.8) is 0 Å². The fourth-order valence-corrected chi connectivity index (χ4v) is 4.71. The van der Waals surface area contributed by atoms with Crippen molar-refractivity contribution in [3.05, 3.63) is 58.6 Å². The molecule has 0 unspecified atom stereocenters. The summed E-state index contributed by atoms with van der Waals surface area (Å²) in [6.07, 6.45) is 3.56. The number of nitrogens with one attached hydrogen (secondary N) is 1. The molecule has 0 fully saturated rings. The standard InChI is InChI=1S/C21H27BrN2O3S/c1-3-5-15-24(16-6-4-2)28(26,27)18-13-11-17(12-14-18)23-21(25)19-9-7-8-10-20(19)22/h7-14H,3-6,15-16H2,1-2H3,(H,23,25). The van der Waals surface area contributed by atoms with Crippen molar-refractivity contribution in [1.29, 1.82) is 0 Å². The predicted molar refractivity (Wildman–Crippen MR) is 117 cm³/mol. The number of hydrogen-bond acceptors (Lipinski definition) is 3.